The molecular weight excluding hydrogens is 352 g/mol. The summed E-state index contributed by atoms with van der Waals surface area (Å²) in [6, 6.07) is 9.81. The molecule has 3 rings (SSSR count). The van der Waals surface area contributed by atoms with E-state index in [1.54, 1.807) is 30.3 Å². The Morgan fingerprint density at radius 3 is 2.56 bits per heavy atom. The molecule has 0 N–H and O–H groups in total. The molecular formula is C18H18N4OS2. The molecule has 0 fully saturated rings. The van der Waals surface area contributed by atoms with E-state index < -0.39 is 0 Å². The summed E-state index contributed by atoms with van der Waals surface area (Å²) in [5, 5.41) is 3.37. The quantitative estimate of drug-likeness (QED) is 0.473. The highest BCUT2D eigenvalue weighted by atomic mass is 32.2. The molecule has 0 unspecified atom stereocenters. The number of hydrogen-bond donors (Lipinski definition) is 0. The summed E-state index contributed by atoms with van der Waals surface area (Å²) in [6.07, 6.45) is 4.42. The molecule has 3 aromatic rings. The van der Waals surface area contributed by atoms with Crippen molar-refractivity contribution in [1.29, 1.82) is 0 Å². The Balaban J connectivity index is 1.76. The van der Waals surface area contributed by atoms with Crippen molar-refractivity contribution in [2.24, 2.45) is 0 Å². The molecule has 1 aromatic carbocycles. The number of thiazole rings is 1. The molecule has 2 aromatic heterocycles. The maximum absolute atomic E-state index is 12.2. The molecule has 0 aliphatic heterocycles. The van der Waals surface area contributed by atoms with Crippen LogP contribution in [0.4, 0.5) is 10.8 Å². The topological polar surface area (TPSA) is 59.0 Å². The third-order valence-corrected chi connectivity index (χ3v) is 5.32. The third kappa shape index (κ3) is 4.43. The third-order valence-electron chi connectivity index (χ3n) is 3.54. The molecule has 7 heteroatoms. The van der Waals surface area contributed by atoms with Crippen LogP contribution in [0.5, 0.6) is 0 Å². The molecule has 0 radical (unpaired) electrons. The van der Waals surface area contributed by atoms with E-state index in [1.165, 1.54) is 28.7 Å². The number of anilines is 2. The van der Waals surface area contributed by atoms with Gasteiger partial charge in [0.05, 0.1) is 11.4 Å². The lowest BCUT2D eigenvalue weighted by molar-refractivity contribution is -0.115. The second-order valence-electron chi connectivity index (χ2n) is 5.32. The molecule has 0 bridgehead atoms. The van der Waals surface area contributed by atoms with E-state index in [1.807, 2.05) is 29.6 Å². The van der Waals surface area contributed by atoms with Crippen molar-refractivity contribution in [3.8, 4) is 0 Å². The lowest BCUT2D eigenvalue weighted by atomic mass is 10.1. The lowest BCUT2D eigenvalue weighted by Gasteiger charge is -2.18. The van der Waals surface area contributed by atoms with Gasteiger partial charge in [-0.2, -0.15) is 0 Å². The highest BCUT2D eigenvalue weighted by molar-refractivity contribution is 7.98. The van der Waals surface area contributed by atoms with Gasteiger partial charge >= 0.3 is 0 Å². The van der Waals surface area contributed by atoms with Crippen LogP contribution in [0.15, 0.2) is 53.3 Å². The minimum atomic E-state index is -0.0517. The molecule has 0 aliphatic rings. The van der Waals surface area contributed by atoms with Crippen molar-refractivity contribution in [3.63, 3.8) is 0 Å². The van der Waals surface area contributed by atoms with Gasteiger partial charge in [0.25, 0.3) is 0 Å². The average molecular weight is 371 g/mol. The largest absolute Gasteiger partial charge is 0.274 e. The summed E-state index contributed by atoms with van der Waals surface area (Å²) < 4.78 is 0. The van der Waals surface area contributed by atoms with Crippen LogP contribution < -0.4 is 4.90 Å². The minimum absolute atomic E-state index is 0.0517. The SMILES string of the molecule is CCc1ccc(N(C(C)=O)c2nc(CSc3ncccn3)cs2)cc1. The van der Waals surface area contributed by atoms with Crippen LogP contribution >= 0.6 is 23.1 Å². The number of rotatable bonds is 6. The number of carbonyl (C=O) groups is 1. The van der Waals surface area contributed by atoms with E-state index >= 15 is 0 Å². The molecule has 1 amide bonds. The summed E-state index contributed by atoms with van der Waals surface area (Å²) in [5.41, 5.74) is 2.99. The van der Waals surface area contributed by atoms with Crippen LogP contribution in [0.25, 0.3) is 0 Å². The fourth-order valence-electron chi connectivity index (χ4n) is 2.27. The molecule has 128 valence electrons. The second-order valence-corrected chi connectivity index (χ2v) is 7.09. The van der Waals surface area contributed by atoms with Crippen molar-refractivity contribution in [2.75, 3.05) is 4.90 Å². The molecule has 5 nitrogen and oxygen atoms in total. The lowest BCUT2D eigenvalue weighted by Crippen LogP contribution is -2.22. The van der Waals surface area contributed by atoms with E-state index in [0.29, 0.717) is 10.9 Å². The zero-order valence-corrected chi connectivity index (χ0v) is 15.7. The summed E-state index contributed by atoms with van der Waals surface area (Å²) in [7, 11) is 0. The van der Waals surface area contributed by atoms with Crippen molar-refractivity contribution >= 4 is 39.8 Å². The number of benzene rings is 1. The van der Waals surface area contributed by atoms with Crippen LogP contribution in [0, 0.1) is 0 Å². The van der Waals surface area contributed by atoms with Crippen LogP contribution in [-0.2, 0) is 17.0 Å². The van der Waals surface area contributed by atoms with Gasteiger partial charge in [-0.3, -0.25) is 9.69 Å². The fraction of sp³-hybridized carbons (Fsp3) is 0.222. The van der Waals surface area contributed by atoms with Crippen molar-refractivity contribution in [2.45, 2.75) is 31.2 Å². The standard InChI is InChI=1S/C18H18N4OS2/c1-3-14-5-7-16(8-6-14)22(13(2)23)18-21-15(12-25-18)11-24-17-19-9-4-10-20-17/h4-10,12H,3,11H2,1-2H3. The van der Waals surface area contributed by atoms with Gasteiger partial charge in [-0.15, -0.1) is 11.3 Å². The predicted molar refractivity (Wildman–Crippen MR) is 102 cm³/mol. The van der Waals surface area contributed by atoms with E-state index in [2.05, 4.69) is 21.9 Å². The number of aromatic nitrogens is 3. The molecule has 0 atom stereocenters. The first-order valence-electron chi connectivity index (χ1n) is 7.91. The van der Waals surface area contributed by atoms with Gasteiger partial charge in [-0.1, -0.05) is 30.8 Å². The molecule has 0 spiro atoms. The van der Waals surface area contributed by atoms with Crippen molar-refractivity contribution < 1.29 is 4.79 Å². The van der Waals surface area contributed by atoms with Gasteiger partial charge in [0.1, 0.15) is 0 Å². The minimum Gasteiger partial charge on any atom is -0.274 e. The van der Waals surface area contributed by atoms with E-state index in [4.69, 9.17) is 0 Å². The zero-order valence-electron chi connectivity index (χ0n) is 14.0. The van der Waals surface area contributed by atoms with Crippen molar-refractivity contribution in [3.05, 3.63) is 59.4 Å². The van der Waals surface area contributed by atoms with Gasteiger partial charge < -0.3 is 0 Å². The summed E-state index contributed by atoms with van der Waals surface area (Å²) >= 11 is 2.99. The molecule has 25 heavy (non-hydrogen) atoms. The predicted octanol–water partition coefficient (Wildman–Crippen LogP) is 4.47. The van der Waals surface area contributed by atoms with Crippen LogP contribution in [0.3, 0.4) is 0 Å². The Morgan fingerprint density at radius 1 is 1.20 bits per heavy atom. The van der Waals surface area contributed by atoms with Gasteiger partial charge in [-0.25, -0.2) is 15.0 Å². The Kier molecular flexibility index (Phi) is 5.78. The first-order valence-corrected chi connectivity index (χ1v) is 9.77. The zero-order chi connectivity index (χ0) is 17.6. The molecule has 2 heterocycles. The smallest absolute Gasteiger partial charge is 0.230 e. The maximum atomic E-state index is 12.2. The number of nitrogens with zero attached hydrogens (tertiary/aromatic N) is 4. The van der Waals surface area contributed by atoms with Gasteiger partial charge in [0.15, 0.2) is 10.3 Å². The van der Waals surface area contributed by atoms with E-state index in [0.717, 1.165) is 23.0 Å². The monoisotopic (exact) mass is 370 g/mol. The summed E-state index contributed by atoms with van der Waals surface area (Å²) in [5.74, 6) is 0.616. The number of hydrogen-bond acceptors (Lipinski definition) is 6. The van der Waals surface area contributed by atoms with Crippen LogP contribution in [0.2, 0.25) is 0 Å². The number of thioether (sulfide) groups is 1. The summed E-state index contributed by atoms with van der Waals surface area (Å²) in [6.45, 7) is 3.67. The van der Waals surface area contributed by atoms with Crippen LogP contribution in [-0.4, -0.2) is 20.9 Å². The molecule has 0 saturated heterocycles. The highest BCUT2D eigenvalue weighted by Gasteiger charge is 2.18. The number of aryl methyl sites for hydroxylation is 1. The van der Waals surface area contributed by atoms with Gasteiger partial charge in [0.2, 0.25) is 5.91 Å². The Morgan fingerprint density at radius 2 is 1.92 bits per heavy atom. The average Bonchev–Trinajstić information content (AvgIpc) is 3.10. The van der Waals surface area contributed by atoms with Gasteiger partial charge in [0, 0.05) is 30.5 Å². The number of carbonyl (C=O) groups excluding carboxylic acids is 1. The molecule has 0 saturated carbocycles. The molecule has 0 aliphatic carbocycles. The first-order chi connectivity index (χ1) is 12.2. The Labute approximate surface area is 155 Å². The Hall–Kier alpha value is -2.25. The van der Waals surface area contributed by atoms with Crippen molar-refractivity contribution in [1.82, 2.24) is 15.0 Å². The summed E-state index contributed by atoms with van der Waals surface area (Å²) in [4.78, 5) is 26.8. The fourth-order valence-corrected chi connectivity index (χ4v) is 3.96. The normalized spacial score (nSPS) is 10.6. The van der Waals surface area contributed by atoms with Crippen LogP contribution in [0.1, 0.15) is 25.1 Å². The maximum Gasteiger partial charge on any atom is 0.230 e. The van der Waals surface area contributed by atoms with E-state index in [9.17, 15) is 4.79 Å². The van der Waals surface area contributed by atoms with Gasteiger partial charge in [-0.05, 0) is 30.2 Å². The first kappa shape index (κ1) is 17.6. The second kappa shape index (κ2) is 8.22. The number of amides is 1. The highest BCUT2D eigenvalue weighted by Crippen LogP contribution is 2.30. The Bertz CT molecular complexity index is 834. The van der Waals surface area contributed by atoms with E-state index in [-0.39, 0.29) is 5.91 Å².